The summed E-state index contributed by atoms with van der Waals surface area (Å²) >= 11 is 1.62. The Balaban J connectivity index is 1.30. The molecule has 134 valence electrons. The number of piperidine rings is 1. The smallest absolute Gasteiger partial charge is 0.230 e. The summed E-state index contributed by atoms with van der Waals surface area (Å²) in [7, 11) is 0. The van der Waals surface area contributed by atoms with Crippen LogP contribution < -0.4 is 0 Å². The Morgan fingerprint density at radius 3 is 2.72 bits per heavy atom. The first kappa shape index (κ1) is 16.8. The minimum Gasteiger partial charge on any atom is -0.343 e. The molecule has 1 amide bonds. The number of likely N-dealkylation sites (tertiary alicyclic amines) is 1. The van der Waals surface area contributed by atoms with Gasteiger partial charge in [0.1, 0.15) is 0 Å². The normalized spacial score (nSPS) is 20.1. The van der Waals surface area contributed by atoms with Gasteiger partial charge in [0, 0.05) is 25.4 Å². The average Bonchev–Trinajstić information content (AvgIpc) is 3.34. The van der Waals surface area contributed by atoms with Gasteiger partial charge in [0.05, 0.1) is 4.88 Å². The van der Waals surface area contributed by atoms with Crippen molar-refractivity contribution in [3.05, 3.63) is 23.4 Å². The van der Waals surface area contributed by atoms with Gasteiger partial charge < -0.3 is 9.42 Å². The number of carbonyl (C=O) groups is 1. The lowest BCUT2D eigenvalue weighted by molar-refractivity contribution is -0.133. The van der Waals surface area contributed by atoms with Crippen LogP contribution in [0.5, 0.6) is 0 Å². The predicted octanol–water partition coefficient (Wildman–Crippen LogP) is 4.47. The van der Waals surface area contributed by atoms with Crippen LogP contribution in [0.25, 0.3) is 10.7 Å². The lowest BCUT2D eigenvalue weighted by atomic mass is 9.86. The summed E-state index contributed by atoms with van der Waals surface area (Å²) in [5.74, 6) is 2.64. The van der Waals surface area contributed by atoms with E-state index in [9.17, 15) is 4.79 Å². The van der Waals surface area contributed by atoms with Crippen molar-refractivity contribution in [3.8, 4) is 10.7 Å². The second-order valence-electron chi connectivity index (χ2n) is 7.30. The molecule has 6 heteroatoms. The largest absolute Gasteiger partial charge is 0.343 e. The Hall–Kier alpha value is -1.69. The molecule has 2 aromatic heterocycles. The maximum atomic E-state index is 12.5. The molecule has 25 heavy (non-hydrogen) atoms. The van der Waals surface area contributed by atoms with E-state index in [1.807, 2.05) is 22.4 Å². The van der Waals surface area contributed by atoms with Crippen LogP contribution in [0.4, 0.5) is 0 Å². The summed E-state index contributed by atoms with van der Waals surface area (Å²) in [5.41, 5.74) is 0. The number of amides is 1. The van der Waals surface area contributed by atoms with Gasteiger partial charge >= 0.3 is 0 Å². The Kier molecular flexibility index (Phi) is 5.15. The molecule has 0 radical (unpaired) electrons. The van der Waals surface area contributed by atoms with Gasteiger partial charge in [0.15, 0.2) is 0 Å². The fourth-order valence-corrected chi connectivity index (χ4v) is 4.70. The van der Waals surface area contributed by atoms with Gasteiger partial charge in [-0.05, 0) is 43.0 Å². The standard InChI is InChI=1S/C19H25N3O2S/c23-17(13-14-5-2-1-3-6-14)22-10-8-15(9-11-22)19-20-18(21-24-19)16-7-4-12-25-16/h4,7,12,14-15H,1-3,5-6,8-11,13H2. The van der Waals surface area contributed by atoms with E-state index in [-0.39, 0.29) is 5.92 Å². The Labute approximate surface area is 152 Å². The third-order valence-electron chi connectivity index (χ3n) is 5.57. The van der Waals surface area contributed by atoms with Crippen LogP contribution in [0.15, 0.2) is 22.0 Å². The fourth-order valence-electron chi connectivity index (χ4n) is 4.05. The first-order chi connectivity index (χ1) is 12.3. The number of nitrogens with zero attached hydrogens (tertiary/aromatic N) is 3. The second kappa shape index (κ2) is 7.68. The van der Waals surface area contributed by atoms with E-state index < -0.39 is 0 Å². The molecule has 0 atom stereocenters. The molecule has 0 spiro atoms. The maximum absolute atomic E-state index is 12.5. The number of hydrogen-bond donors (Lipinski definition) is 0. The third-order valence-corrected chi connectivity index (χ3v) is 6.43. The highest BCUT2D eigenvalue weighted by molar-refractivity contribution is 7.13. The molecule has 1 saturated carbocycles. The minimum absolute atomic E-state index is 0.278. The number of carbonyl (C=O) groups excluding carboxylic acids is 1. The van der Waals surface area contributed by atoms with Crippen molar-refractivity contribution in [1.29, 1.82) is 0 Å². The average molecular weight is 359 g/mol. The molecule has 3 heterocycles. The molecule has 5 nitrogen and oxygen atoms in total. The van der Waals surface area contributed by atoms with E-state index in [4.69, 9.17) is 4.52 Å². The van der Waals surface area contributed by atoms with E-state index in [0.29, 0.717) is 17.6 Å². The molecule has 0 unspecified atom stereocenters. The SMILES string of the molecule is O=C(CC1CCCCC1)N1CCC(c2nc(-c3cccs3)no2)CC1. The van der Waals surface area contributed by atoms with Gasteiger partial charge in [-0.15, -0.1) is 11.3 Å². The third kappa shape index (κ3) is 3.94. The molecular formula is C19H25N3O2S. The van der Waals surface area contributed by atoms with Crippen molar-refractivity contribution in [2.75, 3.05) is 13.1 Å². The first-order valence-corrected chi connectivity index (χ1v) is 10.3. The Morgan fingerprint density at radius 1 is 1.20 bits per heavy atom. The zero-order valence-corrected chi connectivity index (χ0v) is 15.3. The van der Waals surface area contributed by atoms with E-state index >= 15 is 0 Å². The summed E-state index contributed by atoms with van der Waals surface area (Å²) in [6.07, 6.45) is 8.98. The van der Waals surface area contributed by atoms with Gasteiger partial charge in [0.25, 0.3) is 0 Å². The number of thiophene rings is 1. The maximum Gasteiger partial charge on any atom is 0.230 e. The van der Waals surface area contributed by atoms with Gasteiger partial charge in [0.2, 0.25) is 17.6 Å². The monoisotopic (exact) mass is 359 g/mol. The molecule has 4 rings (SSSR count). The molecule has 1 aliphatic carbocycles. The summed E-state index contributed by atoms with van der Waals surface area (Å²) in [5, 5.41) is 6.12. The minimum atomic E-state index is 0.278. The van der Waals surface area contributed by atoms with Crippen LogP contribution in [0.1, 0.15) is 63.2 Å². The van der Waals surface area contributed by atoms with Crippen molar-refractivity contribution >= 4 is 17.2 Å². The zero-order valence-electron chi connectivity index (χ0n) is 14.5. The summed E-state index contributed by atoms with van der Waals surface area (Å²) in [6.45, 7) is 1.62. The lowest BCUT2D eigenvalue weighted by Gasteiger charge is -2.32. The van der Waals surface area contributed by atoms with E-state index in [1.54, 1.807) is 11.3 Å². The molecule has 0 N–H and O–H groups in total. The highest BCUT2D eigenvalue weighted by Gasteiger charge is 2.29. The predicted molar refractivity (Wildman–Crippen MR) is 97.4 cm³/mol. The molecule has 2 fully saturated rings. The summed E-state index contributed by atoms with van der Waals surface area (Å²) < 4.78 is 5.49. The van der Waals surface area contributed by atoms with Crippen LogP contribution >= 0.6 is 11.3 Å². The zero-order chi connectivity index (χ0) is 17.1. The number of hydrogen-bond acceptors (Lipinski definition) is 5. The van der Waals surface area contributed by atoms with Crippen LogP contribution in [-0.4, -0.2) is 34.0 Å². The number of aromatic nitrogens is 2. The van der Waals surface area contributed by atoms with E-state index in [0.717, 1.165) is 43.1 Å². The van der Waals surface area contributed by atoms with Gasteiger partial charge in [-0.2, -0.15) is 4.98 Å². The van der Waals surface area contributed by atoms with Gasteiger partial charge in [-0.1, -0.05) is 30.5 Å². The van der Waals surface area contributed by atoms with Crippen molar-refractivity contribution in [2.24, 2.45) is 5.92 Å². The van der Waals surface area contributed by atoms with Crippen molar-refractivity contribution in [2.45, 2.75) is 57.3 Å². The van der Waals surface area contributed by atoms with Crippen molar-refractivity contribution in [1.82, 2.24) is 15.0 Å². The van der Waals surface area contributed by atoms with Crippen LogP contribution in [0, 0.1) is 5.92 Å². The molecule has 0 bridgehead atoms. The Morgan fingerprint density at radius 2 is 2.00 bits per heavy atom. The topological polar surface area (TPSA) is 59.2 Å². The lowest BCUT2D eigenvalue weighted by Crippen LogP contribution is -2.38. The molecule has 1 saturated heterocycles. The highest BCUT2D eigenvalue weighted by atomic mass is 32.1. The van der Waals surface area contributed by atoms with Crippen molar-refractivity contribution < 1.29 is 9.32 Å². The van der Waals surface area contributed by atoms with Crippen molar-refractivity contribution in [3.63, 3.8) is 0 Å². The van der Waals surface area contributed by atoms with Crippen LogP contribution in [0.2, 0.25) is 0 Å². The molecule has 2 aliphatic rings. The van der Waals surface area contributed by atoms with Crippen LogP contribution in [-0.2, 0) is 4.79 Å². The Bertz CT molecular complexity index is 683. The van der Waals surface area contributed by atoms with E-state index in [1.165, 1.54) is 32.1 Å². The highest BCUT2D eigenvalue weighted by Crippen LogP contribution is 2.31. The quantitative estimate of drug-likeness (QED) is 0.808. The molecule has 0 aromatic carbocycles. The summed E-state index contributed by atoms with van der Waals surface area (Å²) in [4.78, 5) is 20.2. The molecular weight excluding hydrogens is 334 g/mol. The summed E-state index contributed by atoms with van der Waals surface area (Å²) in [6, 6.07) is 4.00. The molecule has 2 aromatic rings. The van der Waals surface area contributed by atoms with Crippen LogP contribution in [0.3, 0.4) is 0 Å². The van der Waals surface area contributed by atoms with E-state index in [2.05, 4.69) is 10.1 Å². The van der Waals surface area contributed by atoms with Gasteiger partial charge in [-0.25, -0.2) is 0 Å². The number of rotatable bonds is 4. The van der Waals surface area contributed by atoms with Gasteiger partial charge in [-0.3, -0.25) is 4.79 Å². The fraction of sp³-hybridized carbons (Fsp3) is 0.632. The second-order valence-corrected chi connectivity index (χ2v) is 8.24. The molecule has 1 aliphatic heterocycles. The first-order valence-electron chi connectivity index (χ1n) is 9.45.